The van der Waals surface area contributed by atoms with Crippen LogP contribution >= 0.6 is 0 Å². The SMILES string of the molecule is COc1cccc(C(=O)N2CCN(C(=O)CCN3CCOCC3)CC2)c1. The summed E-state index contributed by atoms with van der Waals surface area (Å²) in [7, 11) is 1.59. The van der Waals surface area contributed by atoms with Crippen molar-refractivity contribution in [2.45, 2.75) is 6.42 Å². The van der Waals surface area contributed by atoms with Gasteiger partial charge in [-0.3, -0.25) is 14.5 Å². The molecular formula is C19H27N3O4. The number of nitrogens with zero attached hydrogens (tertiary/aromatic N) is 3. The largest absolute Gasteiger partial charge is 0.497 e. The molecule has 2 aliphatic heterocycles. The Kier molecular flexibility index (Phi) is 6.46. The maximum atomic E-state index is 12.6. The Morgan fingerprint density at radius 2 is 1.73 bits per heavy atom. The Bertz CT molecular complexity index is 623. The number of morpholine rings is 1. The summed E-state index contributed by atoms with van der Waals surface area (Å²) in [6.07, 6.45) is 0.532. The second kappa shape index (κ2) is 9.00. The number of hydrogen-bond donors (Lipinski definition) is 0. The molecular weight excluding hydrogens is 334 g/mol. The molecule has 1 aromatic carbocycles. The number of benzene rings is 1. The number of carbonyl (C=O) groups excluding carboxylic acids is 2. The quantitative estimate of drug-likeness (QED) is 0.773. The van der Waals surface area contributed by atoms with Crippen LogP contribution in [0.25, 0.3) is 0 Å². The van der Waals surface area contributed by atoms with Crippen molar-refractivity contribution < 1.29 is 19.1 Å². The third-order valence-corrected chi connectivity index (χ3v) is 4.98. The van der Waals surface area contributed by atoms with Crippen LogP contribution in [0.15, 0.2) is 24.3 Å². The van der Waals surface area contributed by atoms with Gasteiger partial charge in [-0.15, -0.1) is 0 Å². The molecule has 2 fully saturated rings. The number of amides is 2. The summed E-state index contributed by atoms with van der Waals surface area (Å²) >= 11 is 0. The van der Waals surface area contributed by atoms with Crippen molar-refractivity contribution in [3.8, 4) is 5.75 Å². The molecule has 2 saturated heterocycles. The average Bonchev–Trinajstić information content (AvgIpc) is 2.72. The number of hydrogen-bond acceptors (Lipinski definition) is 5. The predicted molar refractivity (Wildman–Crippen MR) is 97.4 cm³/mol. The summed E-state index contributed by atoms with van der Waals surface area (Å²) in [5.41, 5.74) is 0.622. The second-order valence-electron chi connectivity index (χ2n) is 6.61. The van der Waals surface area contributed by atoms with E-state index in [0.29, 0.717) is 43.9 Å². The smallest absolute Gasteiger partial charge is 0.254 e. The number of carbonyl (C=O) groups is 2. The highest BCUT2D eigenvalue weighted by molar-refractivity contribution is 5.94. The van der Waals surface area contributed by atoms with Gasteiger partial charge in [0.05, 0.1) is 20.3 Å². The van der Waals surface area contributed by atoms with Gasteiger partial charge in [0.1, 0.15) is 5.75 Å². The topological polar surface area (TPSA) is 62.3 Å². The molecule has 0 radical (unpaired) electrons. The van der Waals surface area contributed by atoms with Gasteiger partial charge in [-0.25, -0.2) is 0 Å². The highest BCUT2D eigenvalue weighted by atomic mass is 16.5. The summed E-state index contributed by atoms with van der Waals surface area (Å²) in [5, 5.41) is 0. The zero-order valence-electron chi connectivity index (χ0n) is 15.4. The van der Waals surface area contributed by atoms with Crippen LogP contribution in [0.3, 0.4) is 0 Å². The molecule has 2 amide bonds. The van der Waals surface area contributed by atoms with Crippen LogP contribution in [0.4, 0.5) is 0 Å². The lowest BCUT2D eigenvalue weighted by molar-refractivity contribution is -0.133. The summed E-state index contributed by atoms with van der Waals surface area (Å²) in [4.78, 5) is 31.0. The van der Waals surface area contributed by atoms with Crippen LogP contribution in [-0.2, 0) is 9.53 Å². The first-order valence-corrected chi connectivity index (χ1v) is 9.18. The lowest BCUT2D eigenvalue weighted by Gasteiger charge is -2.35. The third kappa shape index (κ3) is 4.74. The molecule has 2 aliphatic rings. The van der Waals surface area contributed by atoms with Crippen molar-refractivity contribution in [1.29, 1.82) is 0 Å². The lowest BCUT2D eigenvalue weighted by atomic mass is 10.1. The van der Waals surface area contributed by atoms with Crippen molar-refractivity contribution in [1.82, 2.24) is 14.7 Å². The van der Waals surface area contributed by atoms with Gasteiger partial charge in [0.15, 0.2) is 0 Å². The van der Waals surface area contributed by atoms with Gasteiger partial charge < -0.3 is 19.3 Å². The van der Waals surface area contributed by atoms with E-state index in [-0.39, 0.29) is 11.8 Å². The Hall–Kier alpha value is -2.12. The minimum absolute atomic E-state index is 0.00989. The van der Waals surface area contributed by atoms with Crippen molar-refractivity contribution >= 4 is 11.8 Å². The first-order valence-electron chi connectivity index (χ1n) is 9.18. The average molecular weight is 361 g/mol. The monoisotopic (exact) mass is 361 g/mol. The van der Waals surface area contributed by atoms with Crippen LogP contribution in [0.1, 0.15) is 16.8 Å². The molecule has 0 bridgehead atoms. The van der Waals surface area contributed by atoms with E-state index in [1.54, 1.807) is 24.1 Å². The van der Waals surface area contributed by atoms with Crippen LogP contribution in [0, 0.1) is 0 Å². The van der Waals surface area contributed by atoms with Gasteiger partial charge in [-0.2, -0.15) is 0 Å². The molecule has 7 nitrogen and oxygen atoms in total. The maximum absolute atomic E-state index is 12.6. The second-order valence-corrected chi connectivity index (χ2v) is 6.61. The fourth-order valence-corrected chi connectivity index (χ4v) is 3.33. The fraction of sp³-hybridized carbons (Fsp3) is 0.579. The number of piperazine rings is 1. The zero-order valence-corrected chi connectivity index (χ0v) is 15.4. The van der Waals surface area contributed by atoms with Gasteiger partial charge in [-0.1, -0.05) is 6.07 Å². The standard InChI is InChI=1S/C19H27N3O4/c1-25-17-4-2-3-16(15-17)19(24)22-9-7-21(8-10-22)18(23)5-6-20-11-13-26-14-12-20/h2-4,15H,5-14H2,1H3. The minimum Gasteiger partial charge on any atom is -0.497 e. The van der Waals surface area contributed by atoms with Crippen molar-refractivity contribution in [2.75, 3.05) is 66.1 Å². The van der Waals surface area contributed by atoms with E-state index in [9.17, 15) is 9.59 Å². The minimum atomic E-state index is -0.00989. The summed E-state index contributed by atoms with van der Waals surface area (Å²) in [6.45, 7) is 6.41. The van der Waals surface area contributed by atoms with E-state index in [0.717, 1.165) is 32.8 Å². The van der Waals surface area contributed by atoms with E-state index < -0.39 is 0 Å². The first-order chi connectivity index (χ1) is 12.7. The molecule has 3 rings (SSSR count). The van der Waals surface area contributed by atoms with Gasteiger partial charge in [0.25, 0.3) is 5.91 Å². The van der Waals surface area contributed by atoms with Crippen LogP contribution in [-0.4, -0.2) is 92.7 Å². The molecule has 2 heterocycles. The summed E-state index contributed by atoms with van der Waals surface area (Å²) in [5.74, 6) is 0.835. The predicted octanol–water partition coefficient (Wildman–Crippen LogP) is 0.702. The first kappa shape index (κ1) is 18.7. The molecule has 0 saturated carbocycles. The van der Waals surface area contributed by atoms with Crippen molar-refractivity contribution in [2.24, 2.45) is 0 Å². The van der Waals surface area contributed by atoms with Crippen LogP contribution in [0.5, 0.6) is 5.75 Å². The van der Waals surface area contributed by atoms with Crippen LogP contribution < -0.4 is 4.74 Å². The van der Waals surface area contributed by atoms with Crippen molar-refractivity contribution in [3.05, 3.63) is 29.8 Å². The molecule has 0 spiro atoms. The van der Waals surface area contributed by atoms with E-state index in [1.807, 2.05) is 17.0 Å². The summed E-state index contributed by atoms with van der Waals surface area (Å²) in [6, 6.07) is 7.19. The van der Waals surface area contributed by atoms with Gasteiger partial charge in [0, 0.05) is 57.8 Å². The molecule has 0 N–H and O–H groups in total. The van der Waals surface area contributed by atoms with E-state index in [1.165, 1.54) is 0 Å². The summed E-state index contributed by atoms with van der Waals surface area (Å²) < 4.78 is 10.5. The molecule has 0 aromatic heterocycles. The van der Waals surface area contributed by atoms with Gasteiger partial charge >= 0.3 is 0 Å². The van der Waals surface area contributed by atoms with Gasteiger partial charge in [0.2, 0.25) is 5.91 Å². The fourth-order valence-electron chi connectivity index (χ4n) is 3.33. The number of methoxy groups -OCH3 is 1. The zero-order chi connectivity index (χ0) is 18.4. The normalized spacial score (nSPS) is 18.7. The molecule has 26 heavy (non-hydrogen) atoms. The van der Waals surface area contributed by atoms with E-state index in [4.69, 9.17) is 9.47 Å². The number of ether oxygens (including phenoxy) is 2. The molecule has 7 heteroatoms. The third-order valence-electron chi connectivity index (χ3n) is 4.98. The molecule has 1 aromatic rings. The Morgan fingerprint density at radius 3 is 2.42 bits per heavy atom. The Morgan fingerprint density at radius 1 is 1.04 bits per heavy atom. The molecule has 0 unspecified atom stereocenters. The molecule has 0 atom stereocenters. The molecule has 142 valence electrons. The number of rotatable bonds is 5. The van der Waals surface area contributed by atoms with Crippen LogP contribution in [0.2, 0.25) is 0 Å². The highest BCUT2D eigenvalue weighted by Crippen LogP contribution is 2.16. The van der Waals surface area contributed by atoms with E-state index >= 15 is 0 Å². The molecule has 0 aliphatic carbocycles. The highest BCUT2D eigenvalue weighted by Gasteiger charge is 2.25. The Balaban J connectivity index is 1.45. The lowest BCUT2D eigenvalue weighted by Crippen LogP contribution is -2.51. The Labute approximate surface area is 154 Å². The van der Waals surface area contributed by atoms with Crippen molar-refractivity contribution in [3.63, 3.8) is 0 Å². The van der Waals surface area contributed by atoms with E-state index in [2.05, 4.69) is 4.90 Å². The maximum Gasteiger partial charge on any atom is 0.254 e. The van der Waals surface area contributed by atoms with Gasteiger partial charge in [-0.05, 0) is 18.2 Å².